The molecule has 1 unspecified atom stereocenters. The fourth-order valence-electron chi connectivity index (χ4n) is 2.29. The van der Waals surface area contributed by atoms with Gasteiger partial charge >= 0.3 is 0 Å². The molecule has 96 valence electrons. The van der Waals surface area contributed by atoms with E-state index in [1.54, 1.807) is 11.3 Å². The van der Waals surface area contributed by atoms with Crippen LogP contribution in [0, 0.1) is 27.7 Å². The van der Waals surface area contributed by atoms with Gasteiger partial charge in [-0.2, -0.15) is 0 Å². The van der Waals surface area contributed by atoms with Gasteiger partial charge in [-0.05, 0) is 51.4 Å². The van der Waals surface area contributed by atoms with E-state index < -0.39 is 0 Å². The molecule has 2 nitrogen and oxygen atoms in total. The normalized spacial score (nSPS) is 12.7. The molecule has 3 heteroatoms. The van der Waals surface area contributed by atoms with Crippen LogP contribution in [0.2, 0.25) is 0 Å². The van der Waals surface area contributed by atoms with Crippen LogP contribution in [-0.4, -0.2) is 12.0 Å². The first-order chi connectivity index (χ1) is 8.54. The highest BCUT2D eigenvalue weighted by Crippen LogP contribution is 2.31. The molecule has 0 aliphatic rings. The maximum Gasteiger partial charge on any atom is 0.115 e. The Bertz CT molecular complexity index is 518. The van der Waals surface area contributed by atoms with Crippen LogP contribution in [0.4, 0.5) is 0 Å². The Hall–Kier alpha value is -1.19. The number of benzene rings is 1. The van der Waals surface area contributed by atoms with E-state index in [4.69, 9.17) is 4.98 Å². The standard InChI is InChI=1S/C15H20N2S/c1-9-7-6-8-10(2)13(9)14(16-5)15-17-11(3)12(4)18-15/h6-8,14,16H,1-5H3. The first-order valence-corrected chi connectivity index (χ1v) is 7.03. The Kier molecular flexibility index (Phi) is 3.83. The molecule has 18 heavy (non-hydrogen) atoms. The third-order valence-electron chi connectivity index (χ3n) is 3.41. The molecule has 1 aromatic heterocycles. The van der Waals surface area contributed by atoms with E-state index in [1.807, 2.05) is 7.05 Å². The number of hydrogen-bond donors (Lipinski definition) is 1. The van der Waals surface area contributed by atoms with Crippen molar-refractivity contribution in [3.63, 3.8) is 0 Å². The SMILES string of the molecule is CNC(c1nc(C)c(C)s1)c1c(C)cccc1C. The Morgan fingerprint density at radius 3 is 2.17 bits per heavy atom. The van der Waals surface area contributed by atoms with Crippen LogP contribution in [-0.2, 0) is 0 Å². The Morgan fingerprint density at radius 2 is 1.72 bits per heavy atom. The van der Waals surface area contributed by atoms with Crippen molar-refractivity contribution >= 4 is 11.3 Å². The third-order valence-corrected chi connectivity index (χ3v) is 4.55. The van der Waals surface area contributed by atoms with E-state index in [1.165, 1.54) is 21.6 Å². The highest BCUT2D eigenvalue weighted by atomic mass is 32.1. The highest BCUT2D eigenvalue weighted by molar-refractivity contribution is 7.11. The van der Waals surface area contributed by atoms with Gasteiger partial charge in [0.15, 0.2) is 0 Å². The molecule has 0 fully saturated rings. The molecule has 1 N–H and O–H groups in total. The van der Waals surface area contributed by atoms with Crippen LogP contribution in [0.3, 0.4) is 0 Å². The molecular formula is C15H20N2S. The van der Waals surface area contributed by atoms with E-state index in [0.29, 0.717) is 0 Å². The molecule has 1 aromatic carbocycles. The molecule has 1 heterocycles. The minimum atomic E-state index is 0.198. The summed E-state index contributed by atoms with van der Waals surface area (Å²) in [4.78, 5) is 6.00. The summed E-state index contributed by atoms with van der Waals surface area (Å²) in [6.45, 7) is 8.54. The van der Waals surface area contributed by atoms with Crippen molar-refractivity contribution in [1.29, 1.82) is 0 Å². The molecule has 0 aliphatic heterocycles. The smallest absolute Gasteiger partial charge is 0.115 e. The average molecular weight is 260 g/mol. The van der Waals surface area contributed by atoms with E-state index >= 15 is 0 Å². The zero-order chi connectivity index (χ0) is 13.3. The van der Waals surface area contributed by atoms with Crippen LogP contribution >= 0.6 is 11.3 Å². The lowest BCUT2D eigenvalue weighted by molar-refractivity contribution is 0.676. The molecule has 0 spiro atoms. The van der Waals surface area contributed by atoms with Gasteiger partial charge in [0.1, 0.15) is 5.01 Å². The summed E-state index contributed by atoms with van der Waals surface area (Å²) in [5.41, 5.74) is 5.13. The summed E-state index contributed by atoms with van der Waals surface area (Å²) >= 11 is 1.79. The van der Waals surface area contributed by atoms with Crippen molar-refractivity contribution < 1.29 is 0 Å². The third kappa shape index (κ3) is 2.33. The summed E-state index contributed by atoms with van der Waals surface area (Å²) in [6.07, 6.45) is 0. The lowest BCUT2D eigenvalue weighted by Crippen LogP contribution is -2.19. The second-order valence-corrected chi connectivity index (χ2v) is 5.96. The first-order valence-electron chi connectivity index (χ1n) is 6.22. The monoisotopic (exact) mass is 260 g/mol. The quantitative estimate of drug-likeness (QED) is 0.910. The summed E-state index contributed by atoms with van der Waals surface area (Å²) in [6, 6.07) is 6.64. The molecule has 0 bridgehead atoms. The molecule has 1 atom stereocenters. The maximum atomic E-state index is 4.70. The highest BCUT2D eigenvalue weighted by Gasteiger charge is 2.20. The van der Waals surface area contributed by atoms with E-state index in [-0.39, 0.29) is 6.04 Å². The number of nitrogens with zero attached hydrogens (tertiary/aromatic N) is 1. The largest absolute Gasteiger partial charge is 0.307 e. The first kappa shape index (κ1) is 13.2. The van der Waals surface area contributed by atoms with Gasteiger partial charge in [-0.25, -0.2) is 4.98 Å². The fourth-order valence-corrected chi connectivity index (χ4v) is 3.34. The van der Waals surface area contributed by atoms with Crippen LogP contribution in [0.5, 0.6) is 0 Å². The molecule has 0 saturated heterocycles. The maximum absolute atomic E-state index is 4.70. The molecular weight excluding hydrogens is 240 g/mol. The Balaban J connectivity index is 2.52. The van der Waals surface area contributed by atoms with Crippen LogP contribution < -0.4 is 5.32 Å². The summed E-state index contributed by atoms with van der Waals surface area (Å²) in [7, 11) is 2.00. The fraction of sp³-hybridized carbons (Fsp3) is 0.400. The van der Waals surface area contributed by atoms with Crippen LogP contribution in [0.1, 0.15) is 38.3 Å². The predicted molar refractivity (Wildman–Crippen MR) is 78.4 cm³/mol. The average Bonchev–Trinajstić information content (AvgIpc) is 2.64. The Labute approximate surface area is 113 Å². The van der Waals surface area contributed by atoms with Crippen molar-refractivity contribution in [2.24, 2.45) is 0 Å². The minimum Gasteiger partial charge on any atom is -0.307 e. The number of nitrogens with one attached hydrogen (secondary N) is 1. The number of aromatic nitrogens is 1. The molecule has 0 saturated carbocycles. The number of hydrogen-bond acceptors (Lipinski definition) is 3. The van der Waals surface area contributed by atoms with Gasteiger partial charge in [-0.3, -0.25) is 0 Å². The zero-order valence-electron chi connectivity index (χ0n) is 11.7. The van der Waals surface area contributed by atoms with Gasteiger partial charge in [0.2, 0.25) is 0 Å². The van der Waals surface area contributed by atoms with E-state index in [2.05, 4.69) is 51.2 Å². The molecule has 0 radical (unpaired) electrons. The number of aryl methyl sites for hydroxylation is 4. The van der Waals surface area contributed by atoms with Crippen LogP contribution in [0.15, 0.2) is 18.2 Å². The minimum absolute atomic E-state index is 0.198. The van der Waals surface area contributed by atoms with Gasteiger partial charge in [-0.15, -0.1) is 11.3 Å². The van der Waals surface area contributed by atoms with Crippen molar-refractivity contribution in [2.45, 2.75) is 33.7 Å². The zero-order valence-corrected chi connectivity index (χ0v) is 12.5. The van der Waals surface area contributed by atoms with Crippen LogP contribution in [0.25, 0.3) is 0 Å². The van der Waals surface area contributed by atoms with Crippen molar-refractivity contribution in [1.82, 2.24) is 10.3 Å². The lowest BCUT2D eigenvalue weighted by Gasteiger charge is -2.19. The predicted octanol–water partition coefficient (Wildman–Crippen LogP) is 3.69. The number of rotatable bonds is 3. The molecule has 0 amide bonds. The van der Waals surface area contributed by atoms with Gasteiger partial charge in [0.25, 0.3) is 0 Å². The second-order valence-electron chi connectivity index (χ2n) is 4.72. The van der Waals surface area contributed by atoms with E-state index in [0.717, 1.165) is 10.7 Å². The molecule has 2 rings (SSSR count). The Morgan fingerprint density at radius 1 is 1.11 bits per heavy atom. The van der Waals surface area contributed by atoms with Gasteiger partial charge in [0, 0.05) is 4.88 Å². The lowest BCUT2D eigenvalue weighted by atomic mass is 9.96. The summed E-state index contributed by atoms with van der Waals surface area (Å²) in [5.74, 6) is 0. The van der Waals surface area contributed by atoms with Gasteiger partial charge < -0.3 is 5.32 Å². The molecule has 0 aliphatic carbocycles. The van der Waals surface area contributed by atoms with E-state index in [9.17, 15) is 0 Å². The van der Waals surface area contributed by atoms with Crippen molar-refractivity contribution in [3.8, 4) is 0 Å². The van der Waals surface area contributed by atoms with Crippen molar-refractivity contribution in [3.05, 3.63) is 50.5 Å². The number of thiazole rings is 1. The second kappa shape index (κ2) is 5.21. The summed E-state index contributed by atoms with van der Waals surface area (Å²) in [5, 5.41) is 4.56. The topological polar surface area (TPSA) is 24.9 Å². The van der Waals surface area contributed by atoms with Gasteiger partial charge in [-0.1, -0.05) is 18.2 Å². The van der Waals surface area contributed by atoms with Crippen molar-refractivity contribution in [2.75, 3.05) is 7.05 Å². The summed E-state index contributed by atoms with van der Waals surface area (Å²) < 4.78 is 0. The molecule has 2 aromatic rings. The van der Waals surface area contributed by atoms with Gasteiger partial charge in [0.05, 0.1) is 11.7 Å².